The van der Waals surface area contributed by atoms with Crippen molar-refractivity contribution in [1.82, 2.24) is 0 Å². The van der Waals surface area contributed by atoms with Crippen molar-refractivity contribution in [3.8, 4) is 0 Å². The van der Waals surface area contributed by atoms with Gasteiger partial charge in [-0.3, -0.25) is 0 Å². The summed E-state index contributed by atoms with van der Waals surface area (Å²) in [6.07, 6.45) is 2.85. The Morgan fingerprint density at radius 2 is 1.14 bits per heavy atom. The molecule has 0 heterocycles. The Morgan fingerprint density at radius 1 is 0.714 bits per heavy atom. The van der Waals surface area contributed by atoms with Crippen LogP contribution in [-0.4, -0.2) is 10.7 Å². The van der Waals surface area contributed by atoms with Crippen LogP contribution in [0, 0.1) is 10.8 Å². The molecular weight excluding hydrogens is 172 g/mol. The van der Waals surface area contributed by atoms with Gasteiger partial charge in [0, 0.05) is 0 Å². The van der Waals surface area contributed by atoms with Gasteiger partial charge in [0.1, 0.15) is 0 Å². The molecule has 0 aromatic rings. The molecule has 0 saturated carbocycles. The zero-order valence-corrected chi connectivity index (χ0v) is 11.1. The molecule has 0 fully saturated rings. The minimum absolute atomic E-state index is 0.210. The maximum Gasteiger partial charge on any atom is 0.0625 e. The molecule has 0 spiro atoms. The van der Waals surface area contributed by atoms with E-state index in [0.717, 1.165) is 19.3 Å². The Bertz CT molecular complexity index is 167. The van der Waals surface area contributed by atoms with Gasteiger partial charge in [0.15, 0.2) is 0 Å². The van der Waals surface area contributed by atoms with Gasteiger partial charge in [-0.1, -0.05) is 41.5 Å². The van der Waals surface area contributed by atoms with Crippen LogP contribution >= 0.6 is 0 Å². The van der Waals surface area contributed by atoms with E-state index in [2.05, 4.69) is 41.5 Å². The van der Waals surface area contributed by atoms with Crippen LogP contribution in [0.2, 0.25) is 0 Å². The minimum atomic E-state index is -0.508. The van der Waals surface area contributed by atoms with Crippen LogP contribution in [-0.2, 0) is 0 Å². The molecule has 0 aliphatic heterocycles. The Morgan fingerprint density at radius 3 is 1.43 bits per heavy atom. The number of hydrogen-bond donors (Lipinski definition) is 1. The van der Waals surface area contributed by atoms with Gasteiger partial charge in [0.2, 0.25) is 0 Å². The average molecular weight is 200 g/mol. The third kappa shape index (κ3) is 8.55. The van der Waals surface area contributed by atoms with Gasteiger partial charge >= 0.3 is 0 Å². The average Bonchev–Trinajstić information content (AvgIpc) is 1.76. The fraction of sp³-hybridized carbons (Fsp3) is 1.00. The van der Waals surface area contributed by atoms with Gasteiger partial charge < -0.3 is 5.11 Å². The molecule has 86 valence electrons. The lowest BCUT2D eigenvalue weighted by atomic mass is 9.77. The first-order valence-corrected chi connectivity index (χ1v) is 5.64. The van der Waals surface area contributed by atoms with Gasteiger partial charge in [0.05, 0.1) is 5.60 Å². The highest BCUT2D eigenvalue weighted by molar-refractivity contribution is 4.81. The maximum absolute atomic E-state index is 10.2. The van der Waals surface area contributed by atoms with E-state index in [-0.39, 0.29) is 5.41 Å². The van der Waals surface area contributed by atoms with Crippen LogP contribution < -0.4 is 0 Å². The molecule has 1 heteroatoms. The lowest BCUT2D eigenvalue weighted by molar-refractivity contribution is 0.00251. The summed E-state index contributed by atoms with van der Waals surface area (Å²) in [6, 6.07) is 0. The summed E-state index contributed by atoms with van der Waals surface area (Å²) in [5.74, 6) is 0. The standard InChI is InChI=1S/C13H28O/c1-11(2,3)8-9-13(7,14)10-12(4,5)6/h14H,8-10H2,1-7H3. The van der Waals surface area contributed by atoms with Crippen molar-refractivity contribution in [2.24, 2.45) is 10.8 Å². The molecule has 0 radical (unpaired) electrons. The zero-order valence-electron chi connectivity index (χ0n) is 11.1. The summed E-state index contributed by atoms with van der Waals surface area (Å²) >= 11 is 0. The van der Waals surface area contributed by atoms with Gasteiger partial charge in [-0.05, 0) is 37.0 Å². The Kier molecular flexibility index (Phi) is 4.21. The first-order chi connectivity index (χ1) is 5.91. The number of rotatable bonds is 3. The molecule has 0 aliphatic carbocycles. The van der Waals surface area contributed by atoms with E-state index in [1.807, 2.05) is 6.92 Å². The SMILES string of the molecule is CC(C)(C)CCC(C)(O)CC(C)(C)C. The van der Waals surface area contributed by atoms with Crippen molar-refractivity contribution in [1.29, 1.82) is 0 Å². The molecule has 0 amide bonds. The second-order valence-corrected chi connectivity index (χ2v) is 7.30. The van der Waals surface area contributed by atoms with E-state index in [1.54, 1.807) is 0 Å². The summed E-state index contributed by atoms with van der Waals surface area (Å²) in [4.78, 5) is 0. The third-order valence-electron chi connectivity index (χ3n) is 2.32. The second kappa shape index (κ2) is 4.22. The molecule has 0 rings (SSSR count). The van der Waals surface area contributed by atoms with Gasteiger partial charge in [-0.15, -0.1) is 0 Å². The molecule has 14 heavy (non-hydrogen) atoms. The molecule has 0 aromatic carbocycles. The van der Waals surface area contributed by atoms with Crippen molar-refractivity contribution in [3.05, 3.63) is 0 Å². The fourth-order valence-corrected chi connectivity index (χ4v) is 1.88. The van der Waals surface area contributed by atoms with E-state index < -0.39 is 5.60 Å². The minimum Gasteiger partial charge on any atom is -0.390 e. The zero-order chi connectivity index (χ0) is 11.6. The normalized spacial score (nSPS) is 18.0. The predicted molar refractivity (Wildman–Crippen MR) is 63.4 cm³/mol. The van der Waals surface area contributed by atoms with Crippen LogP contribution in [0.15, 0.2) is 0 Å². The van der Waals surface area contributed by atoms with E-state index in [0.29, 0.717) is 5.41 Å². The summed E-state index contributed by atoms with van der Waals surface area (Å²) in [5, 5.41) is 10.2. The van der Waals surface area contributed by atoms with Crippen LogP contribution in [0.1, 0.15) is 67.7 Å². The first kappa shape index (κ1) is 14.0. The number of aliphatic hydroxyl groups is 1. The van der Waals surface area contributed by atoms with Crippen LogP contribution in [0.5, 0.6) is 0 Å². The quantitative estimate of drug-likeness (QED) is 0.730. The smallest absolute Gasteiger partial charge is 0.0625 e. The molecule has 1 N–H and O–H groups in total. The molecule has 0 bridgehead atoms. The molecule has 1 unspecified atom stereocenters. The van der Waals surface area contributed by atoms with Crippen molar-refractivity contribution >= 4 is 0 Å². The van der Waals surface area contributed by atoms with E-state index in [9.17, 15) is 5.11 Å². The number of hydrogen-bond acceptors (Lipinski definition) is 1. The highest BCUT2D eigenvalue weighted by Crippen LogP contribution is 2.33. The third-order valence-corrected chi connectivity index (χ3v) is 2.32. The molecular formula is C13H28O. The Labute approximate surface area is 89.9 Å². The van der Waals surface area contributed by atoms with Crippen LogP contribution in [0.25, 0.3) is 0 Å². The van der Waals surface area contributed by atoms with Gasteiger partial charge in [-0.2, -0.15) is 0 Å². The predicted octanol–water partition coefficient (Wildman–Crippen LogP) is 4.00. The first-order valence-electron chi connectivity index (χ1n) is 5.64. The maximum atomic E-state index is 10.2. The van der Waals surface area contributed by atoms with Crippen molar-refractivity contribution in [2.75, 3.05) is 0 Å². The Hall–Kier alpha value is -0.0400. The fourth-order valence-electron chi connectivity index (χ4n) is 1.88. The lowest BCUT2D eigenvalue weighted by Crippen LogP contribution is -2.31. The van der Waals surface area contributed by atoms with Gasteiger partial charge in [0.25, 0.3) is 0 Å². The van der Waals surface area contributed by atoms with Crippen LogP contribution in [0.4, 0.5) is 0 Å². The highest BCUT2D eigenvalue weighted by Gasteiger charge is 2.28. The van der Waals surface area contributed by atoms with Crippen LogP contribution in [0.3, 0.4) is 0 Å². The molecule has 1 nitrogen and oxygen atoms in total. The van der Waals surface area contributed by atoms with E-state index in [1.165, 1.54) is 0 Å². The monoisotopic (exact) mass is 200 g/mol. The van der Waals surface area contributed by atoms with Crippen molar-refractivity contribution < 1.29 is 5.11 Å². The van der Waals surface area contributed by atoms with Gasteiger partial charge in [-0.25, -0.2) is 0 Å². The molecule has 0 saturated heterocycles. The summed E-state index contributed by atoms with van der Waals surface area (Å²) in [6.45, 7) is 15.2. The van der Waals surface area contributed by atoms with E-state index in [4.69, 9.17) is 0 Å². The lowest BCUT2D eigenvalue weighted by Gasteiger charge is -2.33. The second-order valence-electron chi connectivity index (χ2n) is 7.30. The molecule has 0 aromatic heterocycles. The van der Waals surface area contributed by atoms with Crippen molar-refractivity contribution in [3.63, 3.8) is 0 Å². The molecule has 1 atom stereocenters. The molecule has 0 aliphatic rings. The van der Waals surface area contributed by atoms with E-state index >= 15 is 0 Å². The Balaban J connectivity index is 4.09. The van der Waals surface area contributed by atoms with Crippen molar-refractivity contribution in [2.45, 2.75) is 73.3 Å². The topological polar surface area (TPSA) is 20.2 Å². The highest BCUT2D eigenvalue weighted by atomic mass is 16.3. The largest absolute Gasteiger partial charge is 0.390 e. The summed E-state index contributed by atoms with van der Waals surface area (Å²) < 4.78 is 0. The summed E-state index contributed by atoms with van der Waals surface area (Å²) in [5.41, 5.74) is 0.0226. The summed E-state index contributed by atoms with van der Waals surface area (Å²) in [7, 11) is 0.